The molecule has 9 N–H and O–H groups in total. The van der Waals surface area contributed by atoms with Crippen molar-refractivity contribution in [1.29, 1.82) is 0 Å². The Morgan fingerprint density at radius 2 is 1.83 bits per heavy atom. The van der Waals surface area contributed by atoms with Gasteiger partial charge < -0.3 is 37.5 Å². The van der Waals surface area contributed by atoms with Crippen molar-refractivity contribution in [3.05, 3.63) is 18.2 Å². The van der Waals surface area contributed by atoms with E-state index in [-0.39, 0.29) is 18.8 Å². The molecule has 0 aliphatic carbocycles. The summed E-state index contributed by atoms with van der Waals surface area (Å²) in [5.74, 6) is -4.50. The molecule has 0 aromatic carbocycles. The number of carbonyl (C=O) groups is 5. The van der Waals surface area contributed by atoms with Crippen LogP contribution in [-0.4, -0.2) is 69.3 Å². The van der Waals surface area contributed by atoms with Crippen LogP contribution >= 0.6 is 0 Å². The normalized spacial score (nSPS) is 13.7. The summed E-state index contributed by atoms with van der Waals surface area (Å²) in [4.78, 5) is 65.2. The number of aromatic nitrogens is 2. The Balaban J connectivity index is 2.60. The monoisotopic (exact) mass is 425 g/mol. The van der Waals surface area contributed by atoms with Gasteiger partial charge in [0.15, 0.2) is 0 Å². The number of nitrogens with one attached hydrogen (secondary N) is 4. The van der Waals surface area contributed by atoms with E-state index < -0.39 is 54.3 Å². The molecule has 30 heavy (non-hydrogen) atoms. The molecule has 0 saturated carbocycles. The van der Waals surface area contributed by atoms with Gasteiger partial charge >= 0.3 is 5.97 Å². The second-order valence-corrected chi connectivity index (χ2v) is 6.96. The summed E-state index contributed by atoms with van der Waals surface area (Å²) < 4.78 is 0. The maximum Gasteiger partial charge on any atom is 0.326 e. The Hall–Kier alpha value is -3.48. The number of imidazole rings is 1. The van der Waals surface area contributed by atoms with Crippen molar-refractivity contribution in [3.63, 3.8) is 0 Å². The molecule has 4 amide bonds. The van der Waals surface area contributed by atoms with Crippen molar-refractivity contribution in [3.8, 4) is 0 Å². The predicted molar refractivity (Wildman–Crippen MR) is 103 cm³/mol. The summed E-state index contributed by atoms with van der Waals surface area (Å²) in [5, 5.41) is 16.3. The molecule has 0 aliphatic heterocycles. The van der Waals surface area contributed by atoms with Crippen LogP contribution in [0.2, 0.25) is 0 Å². The molecule has 1 aromatic heterocycles. The average molecular weight is 425 g/mol. The van der Waals surface area contributed by atoms with Crippen LogP contribution in [0.1, 0.15) is 26.0 Å². The first kappa shape index (κ1) is 24.6. The summed E-state index contributed by atoms with van der Waals surface area (Å²) in [6.07, 6.45) is 2.42. The third kappa shape index (κ3) is 8.26. The number of hydrogen-bond donors (Lipinski definition) is 7. The molecule has 3 atom stereocenters. The number of rotatable bonds is 12. The number of H-pyrrole nitrogens is 1. The van der Waals surface area contributed by atoms with Crippen LogP contribution in [0.3, 0.4) is 0 Å². The van der Waals surface area contributed by atoms with Gasteiger partial charge in [-0.05, 0) is 5.92 Å². The highest BCUT2D eigenvalue weighted by Gasteiger charge is 2.28. The smallest absolute Gasteiger partial charge is 0.326 e. The molecular formula is C17H27N7O6. The first-order valence-electron chi connectivity index (χ1n) is 9.12. The van der Waals surface area contributed by atoms with Crippen molar-refractivity contribution >= 4 is 29.6 Å². The van der Waals surface area contributed by atoms with Crippen molar-refractivity contribution in [2.75, 3.05) is 6.54 Å². The molecule has 0 saturated heterocycles. The Bertz CT molecular complexity index is 765. The molecular weight excluding hydrogens is 398 g/mol. The predicted octanol–water partition coefficient (Wildman–Crippen LogP) is -3.02. The van der Waals surface area contributed by atoms with Crippen LogP contribution in [0.25, 0.3) is 0 Å². The zero-order valence-electron chi connectivity index (χ0n) is 16.7. The van der Waals surface area contributed by atoms with Gasteiger partial charge in [-0.15, -0.1) is 0 Å². The number of aromatic amines is 1. The number of nitrogens with two attached hydrogens (primary N) is 2. The van der Waals surface area contributed by atoms with Crippen molar-refractivity contribution < 1.29 is 29.1 Å². The van der Waals surface area contributed by atoms with E-state index in [0.717, 1.165) is 0 Å². The number of aliphatic carboxylic acids is 1. The highest BCUT2D eigenvalue weighted by Crippen LogP contribution is 2.03. The molecule has 0 bridgehead atoms. The number of primary amides is 1. The van der Waals surface area contributed by atoms with Crippen LogP contribution in [0.15, 0.2) is 12.5 Å². The second-order valence-electron chi connectivity index (χ2n) is 6.96. The lowest BCUT2D eigenvalue weighted by molar-refractivity contribution is -0.141. The Morgan fingerprint density at radius 1 is 1.17 bits per heavy atom. The van der Waals surface area contributed by atoms with Crippen LogP contribution < -0.4 is 27.4 Å². The molecule has 3 unspecified atom stereocenters. The molecule has 1 aromatic rings. The minimum Gasteiger partial charge on any atom is -0.480 e. The number of carboxylic acid groups (broad SMARTS) is 1. The van der Waals surface area contributed by atoms with Crippen molar-refractivity contribution in [2.45, 2.75) is 44.8 Å². The van der Waals surface area contributed by atoms with Crippen molar-refractivity contribution in [1.82, 2.24) is 25.9 Å². The molecule has 0 fully saturated rings. The number of carboxylic acids is 1. The molecule has 13 heteroatoms. The van der Waals surface area contributed by atoms with E-state index in [0.29, 0.717) is 5.69 Å². The zero-order valence-corrected chi connectivity index (χ0v) is 16.7. The largest absolute Gasteiger partial charge is 0.480 e. The quantitative estimate of drug-likeness (QED) is 0.182. The minimum atomic E-state index is -1.25. The van der Waals surface area contributed by atoms with Crippen LogP contribution in [-0.2, 0) is 30.4 Å². The summed E-state index contributed by atoms with van der Waals surface area (Å²) >= 11 is 0. The number of amides is 4. The van der Waals surface area contributed by atoms with Crippen LogP contribution in [0.5, 0.6) is 0 Å². The topological polar surface area (TPSA) is 222 Å². The van der Waals surface area contributed by atoms with E-state index in [1.165, 1.54) is 12.5 Å². The van der Waals surface area contributed by atoms with E-state index in [2.05, 4.69) is 25.9 Å². The Labute approximate surface area is 172 Å². The maximum atomic E-state index is 12.4. The molecule has 0 aliphatic rings. The van der Waals surface area contributed by atoms with E-state index in [1.807, 2.05) is 0 Å². The lowest BCUT2D eigenvalue weighted by atomic mass is 10.0. The Kier molecular flexibility index (Phi) is 9.42. The molecule has 13 nitrogen and oxygen atoms in total. The highest BCUT2D eigenvalue weighted by atomic mass is 16.4. The van der Waals surface area contributed by atoms with Crippen LogP contribution in [0.4, 0.5) is 0 Å². The van der Waals surface area contributed by atoms with Crippen molar-refractivity contribution in [2.24, 2.45) is 17.4 Å². The van der Waals surface area contributed by atoms with E-state index in [1.54, 1.807) is 13.8 Å². The van der Waals surface area contributed by atoms with Gasteiger partial charge in [-0.25, -0.2) is 9.78 Å². The molecule has 1 heterocycles. The zero-order chi connectivity index (χ0) is 22.8. The van der Waals surface area contributed by atoms with Gasteiger partial charge in [0.05, 0.1) is 25.3 Å². The second kappa shape index (κ2) is 11.5. The number of hydrogen-bond acceptors (Lipinski definition) is 7. The third-order valence-corrected chi connectivity index (χ3v) is 4.04. The van der Waals surface area contributed by atoms with E-state index in [9.17, 15) is 29.1 Å². The standard InChI is InChI=1S/C17H27N7O6/c1-8(2)14(24-15(27)10(18)4-12(19)25)16(28)21-6-13(26)23-11(17(29)30)3-9-5-20-7-22-9/h5,7-8,10-11,14H,3-4,6,18H2,1-2H3,(H2,19,25)(H,20,22)(H,21,28)(H,23,26)(H,24,27)(H,29,30). The summed E-state index contributed by atoms with van der Waals surface area (Å²) in [7, 11) is 0. The molecule has 0 spiro atoms. The third-order valence-electron chi connectivity index (χ3n) is 4.04. The minimum absolute atomic E-state index is 0.0164. The van der Waals surface area contributed by atoms with Crippen LogP contribution in [0, 0.1) is 5.92 Å². The summed E-state index contributed by atoms with van der Waals surface area (Å²) in [6.45, 7) is 2.82. The fourth-order valence-electron chi connectivity index (χ4n) is 2.44. The van der Waals surface area contributed by atoms with Gasteiger partial charge in [0.2, 0.25) is 23.6 Å². The number of nitrogens with zero attached hydrogens (tertiary/aromatic N) is 1. The van der Waals surface area contributed by atoms with E-state index >= 15 is 0 Å². The lowest BCUT2D eigenvalue weighted by Crippen LogP contribution is -2.55. The fourth-order valence-corrected chi connectivity index (χ4v) is 2.44. The van der Waals surface area contributed by atoms with Gasteiger partial charge in [0.25, 0.3) is 0 Å². The first-order valence-corrected chi connectivity index (χ1v) is 9.12. The number of carbonyl (C=O) groups excluding carboxylic acids is 4. The van der Waals surface area contributed by atoms with Gasteiger partial charge in [0.1, 0.15) is 12.1 Å². The average Bonchev–Trinajstić information content (AvgIpc) is 3.15. The molecule has 0 radical (unpaired) electrons. The fraction of sp³-hybridized carbons (Fsp3) is 0.529. The molecule has 166 valence electrons. The van der Waals surface area contributed by atoms with Gasteiger partial charge in [0, 0.05) is 18.3 Å². The maximum absolute atomic E-state index is 12.4. The van der Waals surface area contributed by atoms with Gasteiger partial charge in [-0.2, -0.15) is 0 Å². The lowest BCUT2D eigenvalue weighted by Gasteiger charge is -2.23. The summed E-state index contributed by atoms with van der Waals surface area (Å²) in [6, 6.07) is -3.45. The Morgan fingerprint density at radius 3 is 2.33 bits per heavy atom. The van der Waals surface area contributed by atoms with Gasteiger partial charge in [-0.3, -0.25) is 19.2 Å². The highest BCUT2D eigenvalue weighted by molar-refractivity contribution is 5.94. The SMILES string of the molecule is CC(C)C(NC(=O)C(N)CC(N)=O)C(=O)NCC(=O)NC(Cc1cnc[nH]1)C(=O)O. The molecule has 1 rings (SSSR count). The summed E-state index contributed by atoms with van der Waals surface area (Å²) in [5.41, 5.74) is 11.1. The van der Waals surface area contributed by atoms with E-state index in [4.69, 9.17) is 11.5 Å². The first-order chi connectivity index (χ1) is 14.0. The van der Waals surface area contributed by atoms with Gasteiger partial charge in [-0.1, -0.05) is 13.8 Å².